The first-order valence-electron chi connectivity index (χ1n) is 10.8. The minimum Gasteiger partial charge on any atom is -0.365 e. The summed E-state index contributed by atoms with van der Waals surface area (Å²) in [6, 6.07) is 4.25. The van der Waals surface area contributed by atoms with E-state index in [0.717, 1.165) is 60.0 Å². The fourth-order valence-electron chi connectivity index (χ4n) is 4.16. The van der Waals surface area contributed by atoms with Gasteiger partial charge in [-0.1, -0.05) is 11.2 Å². The number of anilines is 2. The summed E-state index contributed by atoms with van der Waals surface area (Å²) in [7, 11) is 1.92. The van der Waals surface area contributed by atoms with E-state index in [1.807, 2.05) is 42.5 Å². The molecule has 6 heterocycles. The van der Waals surface area contributed by atoms with Gasteiger partial charge in [0.1, 0.15) is 0 Å². The largest absolute Gasteiger partial charge is 0.365 e. The van der Waals surface area contributed by atoms with E-state index in [1.54, 1.807) is 4.68 Å². The smallest absolute Gasteiger partial charge is 0.225 e. The molecule has 166 valence electrons. The van der Waals surface area contributed by atoms with Crippen molar-refractivity contribution in [1.82, 2.24) is 39.5 Å². The summed E-state index contributed by atoms with van der Waals surface area (Å²) in [6.07, 6.45) is 13.4. The Bertz CT molecular complexity index is 1360. The monoisotopic (exact) mass is 442 g/mol. The second-order valence-electron chi connectivity index (χ2n) is 8.07. The molecule has 0 aliphatic carbocycles. The molecule has 11 nitrogen and oxygen atoms in total. The van der Waals surface area contributed by atoms with Crippen LogP contribution in [-0.2, 0) is 13.5 Å². The molecule has 5 aromatic heterocycles. The Morgan fingerprint density at radius 1 is 0.848 bits per heavy atom. The fraction of sp³-hybridized carbons (Fsp3) is 0.273. The first-order valence-corrected chi connectivity index (χ1v) is 10.8. The molecule has 33 heavy (non-hydrogen) atoms. The average Bonchev–Trinajstić information content (AvgIpc) is 3.61. The first kappa shape index (κ1) is 19.4. The molecule has 6 rings (SSSR count). The Morgan fingerprint density at radius 2 is 1.67 bits per heavy atom. The van der Waals surface area contributed by atoms with Gasteiger partial charge in [0.05, 0.1) is 23.6 Å². The second kappa shape index (κ2) is 8.01. The van der Waals surface area contributed by atoms with Crippen molar-refractivity contribution in [3.63, 3.8) is 0 Å². The van der Waals surface area contributed by atoms with E-state index in [2.05, 4.69) is 58.4 Å². The van der Waals surface area contributed by atoms with Gasteiger partial charge in [-0.2, -0.15) is 15.2 Å². The van der Waals surface area contributed by atoms with Crippen LogP contribution < -0.4 is 9.80 Å². The second-order valence-corrected chi connectivity index (χ2v) is 8.07. The van der Waals surface area contributed by atoms with Gasteiger partial charge >= 0.3 is 0 Å². The predicted molar refractivity (Wildman–Crippen MR) is 121 cm³/mol. The maximum atomic E-state index is 4.78. The van der Waals surface area contributed by atoms with E-state index in [1.165, 1.54) is 6.39 Å². The van der Waals surface area contributed by atoms with Gasteiger partial charge in [0.2, 0.25) is 12.3 Å². The van der Waals surface area contributed by atoms with Gasteiger partial charge in [-0.25, -0.2) is 14.5 Å². The minimum absolute atomic E-state index is 0.557. The summed E-state index contributed by atoms with van der Waals surface area (Å²) in [5, 5.41) is 12.7. The lowest BCUT2D eigenvalue weighted by molar-refractivity contribution is 0.411. The summed E-state index contributed by atoms with van der Waals surface area (Å²) in [6.45, 7) is 3.43. The number of piperazine rings is 1. The highest BCUT2D eigenvalue weighted by Crippen LogP contribution is 2.26. The van der Waals surface area contributed by atoms with Crippen molar-refractivity contribution in [1.29, 1.82) is 0 Å². The third kappa shape index (κ3) is 3.77. The van der Waals surface area contributed by atoms with Gasteiger partial charge in [0.15, 0.2) is 5.82 Å². The Hall–Kier alpha value is -4.28. The number of hydrogen-bond acceptors (Lipinski definition) is 9. The molecule has 5 aromatic rings. The highest BCUT2D eigenvalue weighted by atomic mass is 16.5. The van der Waals surface area contributed by atoms with E-state index in [9.17, 15) is 0 Å². The summed E-state index contributed by atoms with van der Waals surface area (Å²) < 4.78 is 8.52. The van der Waals surface area contributed by atoms with E-state index in [0.29, 0.717) is 12.2 Å². The number of nitrogens with zero attached hydrogens (tertiary/aromatic N) is 10. The Balaban J connectivity index is 1.13. The van der Waals surface area contributed by atoms with Crippen molar-refractivity contribution in [3.8, 4) is 11.1 Å². The zero-order valence-electron chi connectivity index (χ0n) is 18.1. The SMILES string of the molecule is Cn1cc(-c2ccc3c(N4CCN(c5ncc(Cc6ncon6)cn5)CC4)cnn3c2)cn1. The molecule has 0 saturated carbocycles. The summed E-state index contributed by atoms with van der Waals surface area (Å²) >= 11 is 0. The van der Waals surface area contributed by atoms with Crippen LogP contribution in [0.1, 0.15) is 11.4 Å². The van der Waals surface area contributed by atoms with Gasteiger partial charge in [0, 0.05) is 75.6 Å². The Morgan fingerprint density at radius 3 is 2.39 bits per heavy atom. The molecule has 0 bridgehead atoms. The molecule has 1 aliphatic heterocycles. The molecule has 0 radical (unpaired) electrons. The third-order valence-corrected chi connectivity index (χ3v) is 5.90. The molecule has 0 amide bonds. The lowest BCUT2D eigenvalue weighted by atomic mass is 10.1. The van der Waals surface area contributed by atoms with Gasteiger partial charge in [-0.15, -0.1) is 0 Å². The number of rotatable bonds is 5. The number of fused-ring (bicyclic) bond motifs is 1. The zero-order chi connectivity index (χ0) is 22.2. The van der Waals surface area contributed by atoms with E-state index >= 15 is 0 Å². The molecule has 0 atom stereocenters. The maximum Gasteiger partial charge on any atom is 0.225 e. The average molecular weight is 442 g/mol. The van der Waals surface area contributed by atoms with Crippen molar-refractivity contribution in [2.75, 3.05) is 36.0 Å². The number of aryl methyl sites for hydroxylation is 1. The van der Waals surface area contributed by atoms with Crippen LogP contribution in [0.2, 0.25) is 0 Å². The highest BCUT2D eigenvalue weighted by Gasteiger charge is 2.21. The van der Waals surface area contributed by atoms with Crippen LogP contribution in [0.15, 0.2) is 60.2 Å². The van der Waals surface area contributed by atoms with Crippen molar-refractivity contribution >= 4 is 17.2 Å². The molecule has 1 fully saturated rings. The molecular weight excluding hydrogens is 420 g/mol. The number of aromatic nitrogens is 8. The molecule has 0 aromatic carbocycles. The fourth-order valence-corrected chi connectivity index (χ4v) is 4.16. The van der Waals surface area contributed by atoms with Gasteiger partial charge in [-0.05, 0) is 11.6 Å². The van der Waals surface area contributed by atoms with Crippen LogP contribution in [0.5, 0.6) is 0 Å². The van der Waals surface area contributed by atoms with Crippen LogP contribution in [-0.4, -0.2) is 65.7 Å². The van der Waals surface area contributed by atoms with Crippen LogP contribution >= 0.6 is 0 Å². The molecule has 1 saturated heterocycles. The normalized spacial score (nSPS) is 14.3. The Labute approximate surface area is 189 Å². The van der Waals surface area contributed by atoms with Crippen LogP contribution in [0.25, 0.3) is 16.6 Å². The van der Waals surface area contributed by atoms with Gasteiger partial charge < -0.3 is 14.3 Å². The van der Waals surface area contributed by atoms with E-state index in [4.69, 9.17) is 4.52 Å². The van der Waals surface area contributed by atoms with Crippen molar-refractivity contribution in [2.24, 2.45) is 7.05 Å². The quantitative estimate of drug-likeness (QED) is 0.403. The molecule has 11 heteroatoms. The van der Waals surface area contributed by atoms with Crippen LogP contribution in [0, 0.1) is 0 Å². The number of hydrogen-bond donors (Lipinski definition) is 0. The Kier molecular flexibility index (Phi) is 4.71. The van der Waals surface area contributed by atoms with Crippen LogP contribution in [0.3, 0.4) is 0 Å². The van der Waals surface area contributed by atoms with Gasteiger partial charge in [-0.3, -0.25) is 4.68 Å². The zero-order valence-corrected chi connectivity index (χ0v) is 18.1. The summed E-state index contributed by atoms with van der Waals surface area (Å²) in [4.78, 5) is 17.7. The topological polar surface area (TPSA) is 106 Å². The molecular formula is C22H22N10O. The molecule has 1 aliphatic rings. The van der Waals surface area contributed by atoms with Crippen molar-refractivity contribution < 1.29 is 4.52 Å². The standard InChI is InChI=1S/C22H22N10O/c1-29-13-18(11-26-29)17-2-3-19-20(12-27-32(19)14-17)30-4-6-31(7-5-30)22-23-9-16(10-24-22)8-21-25-15-33-28-21/h2-3,9-15H,4-8H2,1H3. The van der Waals surface area contributed by atoms with Gasteiger partial charge in [0.25, 0.3) is 0 Å². The minimum atomic E-state index is 0.557. The molecule has 0 unspecified atom stereocenters. The highest BCUT2D eigenvalue weighted by molar-refractivity contribution is 5.75. The lowest BCUT2D eigenvalue weighted by Gasteiger charge is -2.35. The predicted octanol–water partition coefficient (Wildman–Crippen LogP) is 1.83. The third-order valence-electron chi connectivity index (χ3n) is 5.90. The summed E-state index contributed by atoms with van der Waals surface area (Å²) in [5.41, 5.74) is 5.36. The van der Waals surface area contributed by atoms with Crippen molar-refractivity contribution in [2.45, 2.75) is 6.42 Å². The van der Waals surface area contributed by atoms with E-state index in [-0.39, 0.29) is 0 Å². The van der Waals surface area contributed by atoms with Crippen LogP contribution in [0.4, 0.5) is 11.6 Å². The van der Waals surface area contributed by atoms with Crippen molar-refractivity contribution in [3.05, 3.63) is 67.1 Å². The number of pyridine rings is 1. The molecule has 0 spiro atoms. The molecule has 0 N–H and O–H groups in total. The first-order chi connectivity index (χ1) is 16.2. The van der Waals surface area contributed by atoms with E-state index < -0.39 is 0 Å². The maximum absolute atomic E-state index is 4.78. The lowest BCUT2D eigenvalue weighted by Crippen LogP contribution is -2.47. The summed E-state index contributed by atoms with van der Waals surface area (Å²) in [5.74, 6) is 1.37.